The lowest BCUT2D eigenvalue weighted by atomic mass is 10.2. The summed E-state index contributed by atoms with van der Waals surface area (Å²) in [5.41, 5.74) is 8.02. The second-order valence-corrected chi connectivity index (χ2v) is 5.60. The largest absolute Gasteiger partial charge is 0.349 e. The summed E-state index contributed by atoms with van der Waals surface area (Å²) in [6.45, 7) is 1.96. The molecule has 3 rings (SSSR count). The smallest absolute Gasteiger partial charge is 0.102 e. The van der Waals surface area contributed by atoms with E-state index in [4.69, 9.17) is 5.73 Å². The lowest BCUT2D eigenvalue weighted by Crippen LogP contribution is -2.04. The molecule has 3 nitrogen and oxygen atoms in total. The highest BCUT2D eigenvalue weighted by molar-refractivity contribution is 7.99. The van der Waals surface area contributed by atoms with Gasteiger partial charge in [-0.2, -0.15) is 0 Å². The first-order chi connectivity index (χ1) is 9.22. The van der Waals surface area contributed by atoms with E-state index >= 15 is 0 Å². The van der Waals surface area contributed by atoms with Crippen LogP contribution in [0.3, 0.4) is 0 Å². The standard InChI is InChI=1S/C15H15N3S/c1-10(16)12-6-7-14(17-9-12)19-15-8-11-4-2-3-5-13(11)18-15/h2-10,18H,16H2,1H3/t10-/m0/s1. The predicted octanol–water partition coefficient (Wildman–Crippen LogP) is 3.73. The minimum Gasteiger partial charge on any atom is -0.349 e. The maximum atomic E-state index is 5.81. The fourth-order valence-corrected chi connectivity index (χ4v) is 2.75. The van der Waals surface area contributed by atoms with E-state index in [0.717, 1.165) is 21.1 Å². The maximum absolute atomic E-state index is 5.81. The van der Waals surface area contributed by atoms with Crippen LogP contribution in [0, 0.1) is 0 Å². The van der Waals surface area contributed by atoms with Gasteiger partial charge in [0.15, 0.2) is 0 Å². The molecular weight excluding hydrogens is 254 g/mol. The van der Waals surface area contributed by atoms with E-state index in [0.29, 0.717) is 0 Å². The van der Waals surface area contributed by atoms with Crippen LogP contribution in [-0.2, 0) is 0 Å². The van der Waals surface area contributed by atoms with Crippen LogP contribution in [-0.4, -0.2) is 9.97 Å². The molecule has 0 unspecified atom stereocenters. The zero-order valence-corrected chi connectivity index (χ0v) is 11.4. The molecule has 1 aromatic carbocycles. The molecular formula is C15H15N3S. The summed E-state index contributed by atoms with van der Waals surface area (Å²) in [5.74, 6) is 0. The Morgan fingerprint density at radius 2 is 2.05 bits per heavy atom. The van der Waals surface area contributed by atoms with Gasteiger partial charge in [-0.1, -0.05) is 36.0 Å². The monoisotopic (exact) mass is 269 g/mol. The number of hydrogen-bond donors (Lipinski definition) is 2. The van der Waals surface area contributed by atoms with Crippen LogP contribution in [0.1, 0.15) is 18.5 Å². The van der Waals surface area contributed by atoms with E-state index in [1.54, 1.807) is 11.8 Å². The third-order valence-corrected chi connectivity index (χ3v) is 3.90. The topological polar surface area (TPSA) is 54.7 Å². The van der Waals surface area contributed by atoms with Gasteiger partial charge in [0.2, 0.25) is 0 Å². The molecule has 0 amide bonds. The number of nitrogens with two attached hydrogens (primary N) is 1. The van der Waals surface area contributed by atoms with E-state index in [1.165, 1.54) is 5.39 Å². The van der Waals surface area contributed by atoms with Crippen molar-refractivity contribution in [3.8, 4) is 0 Å². The summed E-state index contributed by atoms with van der Waals surface area (Å²) >= 11 is 1.63. The van der Waals surface area contributed by atoms with Crippen LogP contribution in [0.15, 0.2) is 58.7 Å². The molecule has 19 heavy (non-hydrogen) atoms. The summed E-state index contributed by atoms with van der Waals surface area (Å²) in [6, 6.07) is 14.5. The van der Waals surface area contributed by atoms with Crippen LogP contribution < -0.4 is 5.73 Å². The van der Waals surface area contributed by atoms with Gasteiger partial charge in [-0.3, -0.25) is 0 Å². The zero-order chi connectivity index (χ0) is 13.2. The first-order valence-corrected chi connectivity index (χ1v) is 7.01. The Balaban J connectivity index is 1.84. The van der Waals surface area contributed by atoms with Crippen LogP contribution in [0.4, 0.5) is 0 Å². The number of para-hydroxylation sites is 1. The Morgan fingerprint density at radius 1 is 1.21 bits per heavy atom. The number of aromatic amines is 1. The van der Waals surface area contributed by atoms with Gasteiger partial charge in [-0.25, -0.2) is 4.98 Å². The number of nitrogens with one attached hydrogen (secondary N) is 1. The van der Waals surface area contributed by atoms with Gasteiger partial charge in [-0.05, 0) is 30.7 Å². The van der Waals surface area contributed by atoms with Crippen molar-refractivity contribution < 1.29 is 0 Å². The van der Waals surface area contributed by atoms with E-state index in [-0.39, 0.29) is 6.04 Å². The zero-order valence-electron chi connectivity index (χ0n) is 10.6. The van der Waals surface area contributed by atoms with E-state index in [1.807, 2.05) is 37.4 Å². The molecule has 3 N–H and O–H groups in total. The van der Waals surface area contributed by atoms with Crippen LogP contribution in [0.5, 0.6) is 0 Å². The molecule has 2 aromatic heterocycles. The number of pyridine rings is 1. The van der Waals surface area contributed by atoms with Crippen LogP contribution in [0.25, 0.3) is 10.9 Å². The van der Waals surface area contributed by atoms with Gasteiger partial charge < -0.3 is 10.7 Å². The first kappa shape index (κ1) is 12.3. The summed E-state index contributed by atoms with van der Waals surface area (Å²) in [4.78, 5) is 7.81. The second kappa shape index (κ2) is 5.07. The van der Waals surface area contributed by atoms with Gasteiger partial charge in [0.05, 0.1) is 5.03 Å². The molecule has 0 fully saturated rings. The Bertz CT molecular complexity index is 653. The van der Waals surface area contributed by atoms with E-state index in [9.17, 15) is 0 Å². The minimum atomic E-state index is 0.0274. The highest BCUT2D eigenvalue weighted by Gasteiger charge is 2.04. The highest BCUT2D eigenvalue weighted by Crippen LogP contribution is 2.28. The average molecular weight is 269 g/mol. The number of H-pyrrole nitrogens is 1. The SMILES string of the molecule is C[C@H](N)c1ccc(Sc2cc3ccccc3[nH]2)nc1. The normalized spacial score (nSPS) is 12.7. The Morgan fingerprint density at radius 3 is 2.74 bits per heavy atom. The maximum Gasteiger partial charge on any atom is 0.102 e. The summed E-state index contributed by atoms with van der Waals surface area (Å²) in [6.07, 6.45) is 1.84. The van der Waals surface area contributed by atoms with Gasteiger partial charge in [0, 0.05) is 23.1 Å². The minimum absolute atomic E-state index is 0.0274. The van der Waals surface area contributed by atoms with Crippen molar-refractivity contribution in [1.29, 1.82) is 0 Å². The van der Waals surface area contributed by atoms with Crippen molar-refractivity contribution >= 4 is 22.7 Å². The molecule has 3 aromatic rings. The molecule has 1 atom stereocenters. The lowest BCUT2D eigenvalue weighted by Gasteiger charge is -2.05. The van der Waals surface area contributed by atoms with Crippen molar-refractivity contribution in [1.82, 2.24) is 9.97 Å². The first-order valence-electron chi connectivity index (χ1n) is 6.19. The number of rotatable bonds is 3. The fourth-order valence-electron chi connectivity index (χ4n) is 1.94. The molecule has 96 valence electrons. The van der Waals surface area contributed by atoms with E-state index in [2.05, 4.69) is 28.2 Å². The third-order valence-electron chi connectivity index (χ3n) is 3.00. The van der Waals surface area contributed by atoms with Crippen LogP contribution >= 0.6 is 11.8 Å². The van der Waals surface area contributed by atoms with Crippen molar-refractivity contribution in [2.75, 3.05) is 0 Å². The van der Waals surface area contributed by atoms with Gasteiger partial charge in [0.25, 0.3) is 0 Å². The molecule has 0 saturated heterocycles. The second-order valence-electron chi connectivity index (χ2n) is 4.54. The summed E-state index contributed by atoms with van der Waals surface area (Å²) in [5, 5.41) is 3.29. The Kier molecular flexibility index (Phi) is 3.27. The van der Waals surface area contributed by atoms with Crippen molar-refractivity contribution in [3.05, 3.63) is 54.2 Å². The molecule has 0 aliphatic carbocycles. The van der Waals surface area contributed by atoms with Crippen molar-refractivity contribution in [2.24, 2.45) is 5.73 Å². The number of benzene rings is 1. The Labute approximate surface area is 116 Å². The Hall–Kier alpha value is -1.78. The quantitative estimate of drug-likeness (QED) is 0.761. The van der Waals surface area contributed by atoms with Crippen molar-refractivity contribution in [3.63, 3.8) is 0 Å². The predicted molar refractivity (Wildman–Crippen MR) is 79.3 cm³/mol. The molecule has 4 heteroatoms. The molecule has 0 radical (unpaired) electrons. The highest BCUT2D eigenvalue weighted by atomic mass is 32.2. The van der Waals surface area contributed by atoms with Gasteiger partial charge >= 0.3 is 0 Å². The number of fused-ring (bicyclic) bond motifs is 1. The van der Waals surface area contributed by atoms with Crippen molar-refractivity contribution in [2.45, 2.75) is 23.0 Å². The van der Waals surface area contributed by atoms with Gasteiger partial charge in [-0.15, -0.1) is 0 Å². The van der Waals surface area contributed by atoms with E-state index < -0.39 is 0 Å². The summed E-state index contributed by atoms with van der Waals surface area (Å²) < 4.78 is 0. The molecule has 0 aliphatic rings. The third kappa shape index (κ3) is 2.64. The number of aromatic nitrogens is 2. The lowest BCUT2D eigenvalue weighted by molar-refractivity contribution is 0.806. The fraction of sp³-hybridized carbons (Fsp3) is 0.133. The summed E-state index contributed by atoms with van der Waals surface area (Å²) in [7, 11) is 0. The van der Waals surface area contributed by atoms with Gasteiger partial charge in [0.1, 0.15) is 5.03 Å². The average Bonchev–Trinajstić information content (AvgIpc) is 2.81. The molecule has 0 aliphatic heterocycles. The molecule has 2 heterocycles. The number of hydrogen-bond acceptors (Lipinski definition) is 3. The van der Waals surface area contributed by atoms with Crippen LogP contribution in [0.2, 0.25) is 0 Å². The molecule has 0 saturated carbocycles. The number of nitrogens with zero attached hydrogens (tertiary/aromatic N) is 1. The molecule has 0 bridgehead atoms. The molecule has 0 spiro atoms.